The lowest BCUT2D eigenvalue weighted by atomic mass is 9.74. The van der Waals surface area contributed by atoms with E-state index < -0.39 is 112 Å². The van der Waals surface area contributed by atoms with Gasteiger partial charge in [-0.25, -0.2) is 9.59 Å². The number of para-hydroxylation sites is 1. The Morgan fingerprint density at radius 2 is 0.881 bits per heavy atom. The van der Waals surface area contributed by atoms with Crippen LogP contribution in [0.2, 0.25) is 0 Å². The summed E-state index contributed by atoms with van der Waals surface area (Å²) in [5.74, 6) is -2.65. The van der Waals surface area contributed by atoms with Crippen LogP contribution < -0.4 is 10.2 Å². The van der Waals surface area contributed by atoms with Crippen molar-refractivity contribution in [1.29, 1.82) is 0 Å². The van der Waals surface area contributed by atoms with Crippen LogP contribution in [0.25, 0.3) is 21.5 Å². The van der Waals surface area contributed by atoms with Gasteiger partial charge in [-0.05, 0) is 175 Å². The number of fused-ring (bicyclic) bond motifs is 12. The Hall–Kier alpha value is -10.1. The van der Waals surface area contributed by atoms with Crippen molar-refractivity contribution in [3.8, 4) is 0 Å². The average molecular weight is 2120 g/mol. The molecule has 0 radical (unpaired) electrons. The number of allylic oxidation sites excluding steroid dienone is 9. The molecule has 6 aliphatic rings. The number of carboxylic acid groups (broad SMARTS) is 2. The third-order valence-corrected chi connectivity index (χ3v) is 29.0. The summed E-state index contributed by atoms with van der Waals surface area (Å²) in [5.41, 5.74) is 15.5. The monoisotopic (exact) mass is 2110 g/mol. The third-order valence-electron chi connectivity index (χ3n) is 25.7. The van der Waals surface area contributed by atoms with Crippen LogP contribution in [0, 0.1) is 0 Å². The van der Waals surface area contributed by atoms with Crippen molar-refractivity contribution in [1.82, 2.24) is 0 Å². The molecule has 0 aliphatic carbocycles. The van der Waals surface area contributed by atoms with E-state index in [1.54, 1.807) is 12.1 Å². The van der Waals surface area contributed by atoms with Gasteiger partial charge in [0.05, 0.1) is 71.2 Å². The highest BCUT2D eigenvalue weighted by atomic mass is 127. The van der Waals surface area contributed by atoms with Crippen molar-refractivity contribution in [2.24, 2.45) is 9.98 Å². The van der Waals surface area contributed by atoms with Gasteiger partial charge in [-0.2, -0.15) is 47.4 Å². The summed E-state index contributed by atoms with van der Waals surface area (Å²) in [6, 6.07) is 30.3. The number of hydrogen-bond acceptors (Lipinski definition) is 23. The van der Waals surface area contributed by atoms with Crippen LogP contribution in [0.15, 0.2) is 183 Å². The minimum atomic E-state index is -4.50. The molecule has 0 saturated heterocycles. The van der Waals surface area contributed by atoms with E-state index in [9.17, 15) is 71.7 Å². The molecule has 32 nitrogen and oxygen atoms in total. The number of anilines is 2. The van der Waals surface area contributed by atoms with Gasteiger partial charge in [-0.1, -0.05) is 135 Å². The SMILES string of the molecule is CCCCN1C(=CC=CC=CC2=[N+](CCC)c3cc(C(=O)O)c4c(c3C2(C)C)N=C(C)C4(C)C)C(C)(CCCS(=O)(=O)O)c2c1ccc1ccc(S(=O)(=O)O)cc21.CCCC[N+]1=C(/C=C/C=C/Nc2ccccc2)C(C)(CCCS(=O)(=O)O)c2c1ccc1ccc(S(=O)(=O)O)cc21.CCCC[N+]1=C(C)C(C)(C)c2c1cc(C(=O)O)c1c2N=C(C)C1(C)C.I.O=S(=O)=O.O=S(=O)=O.O=S(=O)=O.[2HH].[HH]. The van der Waals surface area contributed by atoms with Crippen LogP contribution >= 0.6 is 24.0 Å². The van der Waals surface area contributed by atoms with E-state index in [1.807, 2.05) is 157 Å². The number of halogens is 1. The molecule has 7 aromatic rings. The number of carboxylic acids is 2. The Labute approximate surface area is 814 Å². The second-order valence-corrected chi connectivity index (χ2v) is 43.0. The highest BCUT2D eigenvalue weighted by Crippen LogP contribution is 2.58. The highest BCUT2D eigenvalue weighted by Gasteiger charge is 2.54. The Balaban J connectivity index is 0.000000359. The molecule has 0 aromatic heterocycles. The van der Waals surface area contributed by atoms with Crippen LogP contribution in [-0.4, -0.2) is 192 Å². The molecular weight excluding hydrogens is 1990 g/mol. The minimum Gasteiger partial charge on any atom is -0.478 e. The van der Waals surface area contributed by atoms with Crippen LogP contribution in [0.5, 0.6) is 0 Å². The lowest BCUT2D eigenvalue weighted by Gasteiger charge is -2.31. The Kier molecular flexibility index (Phi) is 37.3. The van der Waals surface area contributed by atoms with E-state index in [2.05, 4.69) is 106 Å². The fraction of sp³-hybridized carbons (Fsp3) is 0.421. The molecule has 6 aliphatic heterocycles. The summed E-state index contributed by atoms with van der Waals surface area (Å²) in [6.07, 6.45) is 25.4. The molecule has 7 N–H and O–H groups in total. The first-order valence-corrected chi connectivity index (χ1v) is 52.6. The third kappa shape index (κ3) is 25.5. The van der Waals surface area contributed by atoms with Crippen LogP contribution in [0.4, 0.5) is 39.8 Å². The summed E-state index contributed by atoms with van der Waals surface area (Å²) in [5, 5.41) is 26.4. The van der Waals surface area contributed by atoms with E-state index in [1.165, 1.54) is 35.5 Å². The van der Waals surface area contributed by atoms with E-state index >= 15 is 0 Å². The second-order valence-electron chi connectivity index (χ2n) is 35.8. The molecule has 0 fully saturated rings. The molecule has 40 heteroatoms. The summed E-state index contributed by atoms with van der Waals surface area (Å²) in [7, 11) is -26.7. The number of nitrogens with zero attached hydrogens (tertiary/aromatic N) is 6. The van der Waals surface area contributed by atoms with Crippen molar-refractivity contribution >= 4 is 198 Å². The molecule has 135 heavy (non-hydrogen) atoms. The maximum absolute atomic E-state index is 12.7. The highest BCUT2D eigenvalue weighted by molar-refractivity contribution is 14.0. The van der Waals surface area contributed by atoms with Crippen LogP contribution in [0.1, 0.15) is 245 Å². The molecule has 0 bridgehead atoms. The van der Waals surface area contributed by atoms with Crippen LogP contribution in [-0.2, 0) is 105 Å². The first kappa shape index (κ1) is 112. The number of unbranched alkanes of at least 4 members (excludes halogenated alkanes) is 3. The van der Waals surface area contributed by atoms with E-state index in [0.717, 1.165) is 158 Å². The molecule has 2 atom stereocenters. The topological polar surface area (TPSA) is 495 Å². The van der Waals surface area contributed by atoms with Gasteiger partial charge in [0, 0.05) is 134 Å². The van der Waals surface area contributed by atoms with Gasteiger partial charge in [0.1, 0.15) is 19.6 Å². The zero-order chi connectivity index (χ0) is 100. The van der Waals surface area contributed by atoms with Gasteiger partial charge >= 0.3 is 43.8 Å². The van der Waals surface area contributed by atoms with Crippen molar-refractivity contribution in [2.45, 2.75) is 231 Å². The van der Waals surface area contributed by atoms with Crippen molar-refractivity contribution in [3.05, 3.63) is 208 Å². The Bertz CT molecular complexity index is 6980. The maximum atomic E-state index is 12.7. The number of aliphatic imine (C=N–C) groups is 2. The number of carbonyl (C=O) groups is 2. The maximum Gasteiger partial charge on any atom is 0.425 e. The van der Waals surface area contributed by atoms with E-state index in [4.69, 9.17) is 47.9 Å². The summed E-state index contributed by atoms with van der Waals surface area (Å²) in [6.45, 7) is 38.6. The lowest BCUT2D eigenvalue weighted by molar-refractivity contribution is -0.439. The fourth-order valence-corrected chi connectivity index (χ4v) is 20.7. The molecule has 7 aromatic carbocycles. The first-order chi connectivity index (χ1) is 62.3. The standard InChI is InChI=1S/C44H53N3O8S2.C30H34N2O6S2.C21H28N2O2.HI.3O3S.2H2/c1-9-11-24-47-33-21-19-29-18-20-30(57(53,54)55)26-31(29)37(33)44(8,22-15-25-56(50,51)52)36(47)17-14-12-13-16-35-43(6,7)39-34(46(35)23-10-2)27-32(41(48)49)38-40(39)45-28(3)42(38,4)5;1-3-4-20-32-27-17-15-23-14-16-25(40(36,37)38)22-26(23)29(27)30(2,18-10-21-39(33,34)35)28(32)13-8-9-19-31-24-11-6-5-7-12-24;1-8-9-10-23-13(3)21(6,7)17-15(23)11-14(19(24)25)16-18(17)22-12(2)20(16,4)5;;3*1-4(2)3;;/h12-14,16-21,26-27H,9-11,15,22-25H2,1-8H3,(H2-,48,49,50,51,52,53,54,55);5-9,11-17,19,22H,3-4,10,18,20-21H2,1-2H3,(H2,33,34,35,36,37,38);11H,8-10H2,1-7H3;1H;;;;2*1H/p+3/i;;;;;;;1+1;. The molecule has 6 heterocycles. The van der Waals surface area contributed by atoms with E-state index in [0.29, 0.717) is 48.8 Å². The number of benzene rings is 7. The number of hydrogen-bond donors (Lipinski definition) is 7. The summed E-state index contributed by atoms with van der Waals surface area (Å²) >= 11 is 0. The second kappa shape index (κ2) is 45.0. The molecule has 0 spiro atoms. The van der Waals surface area contributed by atoms with E-state index in [-0.39, 0.29) is 71.6 Å². The molecule has 0 saturated carbocycles. The van der Waals surface area contributed by atoms with Gasteiger partial charge < -0.3 is 20.4 Å². The summed E-state index contributed by atoms with van der Waals surface area (Å²) < 4.78 is 217. The van der Waals surface area contributed by atoms with Gasteiger partial charge in [-0.3, -0.25) is 28.2 Å². The van der Waals surface area contributed by atoms with Crippen molar-refractivity contribution in [2.75, 3.05) is 47.9 Å². The van der Waals surface area contributed by atoms with Gasteiger partial charge in [-0.15, -0.1) is 61.9 Å². The molecule has 2 unspecified atom stereocenters. The van der Waals surface area contributed by atoms with Gasteiger partial charge in [0.15, 0.2) is 17.1 Å². The molecule has 734 valence electrons. The zero-order valence-corrected chi connectivity index (χ0v) is 86.5. The molecular formula is C95H123IN7O25S7+3. The van der Waals surface area contributed by atoms with Crippen molar-refractivity contribution in [3.63, 3.8) is 0 Å². The van der Waals surface area contributed by atoms with Gasteiger partial charge in [0.2, 0.25) is 17.1 Å². The largest absolute Gasteiger partial charge is 0.478 e. The summed E-state index contributed by atoms with van der Waals surface area (Å²) in [4.78, 5) is 36.4. The van der Waals surface area contributed by atoms with Crippen molar-refractivity contribution < 1.29 is 126 Å². The average Bonchev–Trinajstić information content (AvgIpc) is 1.55. The minimum absolute atomic E-state index is 0. The normalized spacial score (nSPS) is 18.2. The number of nitrogens with one attached hydrogen (secondary N) is 1. The Morgan fingerprint density at radius 3 is 1.34 bits per heavy atom. The quantitative estimate of drug-likeness (QED) is 0.00951. The predicted molar refractivity (Wildman–Crippen MR) is 539 cm³/mol. The lowest BCUT2D eigenvalue weighted by Crippen LogP contribution is -2.32. The smallest absolute Gasteiger partial charge is 0.425 e. The number of rotatable bonds is 30. The zero-order valence-electron chi connectivity index (χ0n) is 78.4. The Morgan fingerprint density at radius 1 is 0.459 bits per heavy atom. The molecule has 13 rings (SSSR count). The molecule has 0 amide bonds. The predicted octanol–water partition coefficient (Wildman–Crippen LogP) is 18.4. The van der Waals surface area contributed by atoms with Gasteiger partial charge in [0.25, 0.3) is 40.5 Å². The fourth-order valence-electron chi connectivity index (χ4n) is 18.7. The number of aromatic carboxylic acids is 2. The van der Waals surface area contributed by atoms with Crippen LogP contribution in [0.3, 0.4) is 0 Å². The first-order valence-electron chi connectivity index (χ1n) is 43.5.